The molecule has 2 aliphatic heterocycles. The molecule has 0 aromatic carbocycles. The van der Waals surface area contributed by atoms with Crippen LogP contribution in [0.2, 0.25) is 0 Å². The molecule has 2 fully saturated rings. The summed E-state index contributed by atoms with van der Waals surface area (Å²) in [4.78, 5) is 18.5. The molecule has 1 aromatic rings. The minimum Gasteiger partial charge on any atom is -0.340 e. The molecule has 2 aliphatic rings. The first-order chi connectivity index (χ1) is 13.9. The lowest BCUT2D eigenvalue weighted by molar-refractivity contribution is -0.136. The highest BCUT2D eigenvalue weighted by Crippen LogP contribution is 2.37. The van der Waals surface area contributed by atoms with E-state index in [-0.39, 0.29) is 16.7 Å². The Labute approximate surface area is 182 Å². The fraction of sp³-hybridized carbons (Fsp3) is 0.739. The molecule has 30 heavy (non-hydrogen) atoms. The van der Waals surface area contributed by atoms with Crippen LogP contribution < -0.4 is 0 Å². The Kier molecular flexibility index (Phi) is 6.63. The fourth-order valence-corrected chi connectivity index (χ4v) is 7.02. The van der Waals surface area contributed by atoms with Gasteiger partial charge in [0.15, 0.2) is 0 Å². The highest BCUT2D eigenvalue weighted by molar-refractivity contribution is 7.89. The van der Waals surface area contributed by atoms with Crippen LogP contribution >= 0.6 is 0 Å². The van der Waals surface area contributed by atoms with Gasteiger partial charge < -0.3 is 4.90 Å². The Balaban J connectivity index is 1.49. The minimum atomic E-state index is -3.34. The SMILES string of the molecule is CC(C)(C)CC(C)(C)CC(=O)N1CC(S(=O)(=O)N2CCC(c3ccncc3)CC2)C1. The van der Waals surface area contributed by atoms with Crippen molar-refractivity contribution in [2.45, 2.75) is 71.5 Å². The first kappa shape index (κ1) is 23.2. The van der Waals surface area contributed by atoms with Crippen molar-refractivity contribution in [3.05, 3.63) is 30.1 Å². The van der Waals surface area contributed by atoms with E-state index in [1.165, 1.54) is 5.56 Å². The number of rotatable bonds is 6. The summed E-state index contributed by atoms with van der Waals surface area (Å²) in [5.41, 5.74) is 1.31. The highest BCUT2D eigenvalue weighted by atomic mass is 32.2. The zero-order valence-corrected chi connectivity index (χ0v) is 19.9. The predicted molar refractivity (Wildman–Crippen MR) is 120 cm³/mol. The van der Waals surface area contributed by atoms with Crippen LogP contribution in [0.3, 0.4) is 0 Å². The molecular weight excluding hydrogens is 398 g/mol. The van der Waals surface area contributed by atoms with Gasteiger partial charge in [-0.1, -0.05) is 34.6 Å². The van der Waals surface area contributed by atoms with Crippen molar-refractivity contribution in [1.29, 1.82) is 0 Å². The maximum absolute atomic E-state index is 13.0. The number of carbonyl (C=O) groups excluding carboxylic acids is 1. The largest absolute Gasteiger partial charge is 0.340 e. The topological polar surface area (TPSA) is 70.6 Å². The fourth-order valence-electron chi connectivity index (χ4n) is 5.14. The molecule has 6 nitrogen and oxygen atoms in total. The molecule has 1 aromatic heterocycles. The van der Waals surface area contributed by atoms with Crippen LogP contribution in [0, 0.1) is 10.8 Å². The van der Waals surface area contributed by atoms with Crippen molar-refractivity contribution < 1.29 is 13.2 Å². The molecule has 7 heteroatoms. The Morgan fingerprint density at radius 1 is 1.07 bits per heavy atom. The van der Waals surface area contributed by atoms with Crippen molar-refractivity contribution in [2.75, 3.05) is 26.2 Å². The third-order valence-corrected chi connectivity index (χ3v) is 8.48. The van der Waals surface area contributed by atoms with Crippen LogP contribution in [0.1, 0.15) is 71.8 Å². The number of likely N-dealkylation sites (tertiary alicyclic amines) is 1. The van der Waals surface area contributed by atoms with E-state index in [0.29, 0.717) is 38.5 Å². The third-order valence-electron chi connectivity index (χ3n) is 6.25. The zero-order chi connectivity index (χ0) is 22.2. The van der Waals surface area contributed by atoms with Crippen LogP contribution in [0.4, 0.5) is 0 Å². The molecule has 3 rings (SSSR count). The number of carbonyl (C=O) groups is 1. The Morgan fingerprint density at radius 2 is 1.63 bits per heavy atom. The van der Waals surface area contributed by atoms with Gasteiger partial charge in [0.2, 0.25) is 15.9 Å². The molecule has 0 unspecified atom stereocenters. The second kappa shape index (κ2) is 8.58. The number of pyridine rings is 1. The molecule has 3 heterocycles. The van der Waals surface area contributed by atoms with Crippen LogP contribution in [0.5, 0.6) is 0 Å². The lowest BCUT2D eigenvalue weighted by Gasteiger charge is -2.43. The monoisotopic (exact) mass is 435 g/mol. The zero-order valence-electron chi connectivity index (χ0n) is 19.1. The Bertz CT molecular complexity index is 832. The lowest BCUT2D eigenvalue weighted by atomic mass is 9.74. The van der Waals surface area contributed by atoms with E-state index in [9.17, 15) is 13.2 Å². The summed E-state index contributed by atoms with van der Waals surface area (Å²) < 4.78 is 27.7. The molecule has 2 saturated heterocycles. The van der Waals surface area contributed by atoms with E-state index in [0.717, 1.165) is 19.3 Å². The van der Waals surface area contributed by atoms with Crippen LogP contribution in [-0.2, 0) is 14.8 Å². The lowest BCUT2D eigenvalue weighted by Crippen LogP contribution is -2.60. The van der Waals surface area contributed by atoms with Gasteiger partial charge in [-0.05, 0) is 53.7 Å². The first-order valence-electron chi connectivity index (χ1n) is 11.0. The van der Waals surface area contributed by atoms with Crippen LogP contribution in [0.25, 0.3) is 0 Å². The molecule has 0 spiro atoms. The number of piperidine rings is 1. The average Bonchev–Trinajstić information content (AvgIpc) is 2.58. The minimum absolute atomic E-state index is 0.0760. The standard InChI is InChI=1S/C23H37N3O3S/c1-22(2,3)17-23(4,5)14-21(27)25-15-20(16-25)30(28,29)26-12-8-19(9-13-26)18-6-10-24-11-7-18/h6-7,10-11,19-20H,8-9,12-17H2,1-5H3. The molecule has 1 amide bonds. The molecular formula is C23H37N3O3S. The Hall–Kier alpha value is -1.47. The highest BCUT2D eigenvalue weighted by Gasteiger charge is 2.44. The summed E-state index contributed by atoms with van der Waals surface area (Å²) in [5, 5.41) is -0.454. The van der Waals surface area contributed by atoms with Crippen molar-refractivity contribution in [3.8, 4) is 0 Å². The van der Waals surface area contributed by atoms with Gasteiger partial charge in [-0.3, -0.25) is 9.78 Å². The van der Waals surface area contributed by atoms with E-state index in [1.54, 1.807) is 21.6 Å². The predicted octanol–water partition coefficient (Wildman–Crippen LogP) is 3.65. The molecule has 0 atom stereocenters. The van der Waals surface area contributed by atoms with Crippen molar-refractivity contribution in [1.82, 2.24) is 14.2 Å². The molecule has 168 valence electrons. The second-order valence-electron chi connectivity index (χ2n) is 11.0. The van der Waals surface area contributed by atoms with Crippen LogP contribution in [0.15, 0.2) is 24.5 Å². The average molecular weight is 436 g/mol. The van der Waals surface area contributed by atoms with E-state index >= 15 is 0 Å². The van der Waals surface area contributed by atoms with E-state index in [2.05, 4.69) is 39.6 Å². The van der Waals surface area contributed by atoms with Gasteiger partial charge in [0.05, 0.1) is 0 Å². The normalized spacial score (nSPS) is 20.2. The van der Waals surface area contributed by atoms with Crippen LogP contribution in [-0.4, -0.2) is 59.9 Å². The second-order valence-corrected chi connectivity index (χ2v) is 13.2. The number of amides is 1. The summed E-state index contributed by atoms with van der Waals surface area (Å²) in [5.74, 6) is 0.469. The molecule has 0 bridgehead atoms. The molecule has 0 N–H and O–H groups in total. The quantitative estimate of drug-likeness (QED) is 0.684. The number of aromatic nitrogens is 1. The van der Waals surface area contributed by atoms with E-state index in [4.69, 9.17) is 0 Å². The maximum Gasteiger partial charge on any atom is 0.223 e. The van der Waals surface area contributed by atoms with Crippen molar-refractivity contribution >= 4 is 15.9 Å². The van der Waals surface area contributed by atoms with Gasteiger partial charge in [0, 0.05) is 45.0 Å². The van der Waals surface area contributed by atoms with Crippen molar-refractivity contribution in [3.63, 3.8) is 0 Å². The third kappa shape index (κ3) is 5.61. The van der Waals surface area contributed by atoms with E-state index < -0.39 is 15.3 Å². The number of hydrogen-bond acceptors (Lipinski definition) is 4. The molecule has 0 aliphatic carbocycles. The number of sulfonamides is 1. The Morgan fingerprint density at radius 3 is 2.17 bits per heavy atom. The smallest absolute Gasteiger partial charge is 0.223 e. The summed E-state index contributed by atoms with van der Waals surface area (Å²) in [7, 11) is -3.34. The maximum atomic E-state index is 13.0. The summed E-state index contributed by atoms with van der Waals surface area (Å²) in [6.45, 7) is 12.6. The van der Waals surface area contributed by atoms with Gasteiger partial charge in [-0.2, -0.15) is 0 Å². The molecule has 0 saturated carbocycles. The number of hydrogen-bond donors (Lipinski definition) is 0. The first-order valence-corrected chi connectivity index (χ1v) is 12.5. The van der Waals surface area contributed by atoms with Gasteiger partial charge in [0.1, 0.15) is 5.25 Å². The summed E-state index contributed by atoms with van der Waals surface area (Å²) in [6, 6.07) is 4.04. The summed E-state index contributed by atoms with van der Waals surface area (Å²) >= 11 is 0. The van der Waals surface area contributed by atoms with Gasteiger partial charge in [0.25, 0.3) is 0 Å². The van der Waals surface area contributed by atoms with E-state index in [1.807, 2.05) is 12.1 Å². The summed E-state index contributed by atoms with van der Waals surface area (Å²) in [6.07, 6.45) is 6.67. The number of nitrogens with zero attached hydrogens (tertiary/aromatic N) is 3. The van der Waals surface area contributed by atoms with Gasteiger partial charge in [-0.15, -0.1) is 0 Å². The van der Waals surface area contributed by atoms with Gasteiger partial charge >= 0.3 is 0 Å². The molecule has 0 radical (unpaired) electrons. The van der Waals surface area contributed by atoms with Gasteiger partial charge in [-0.25, -0.2) is 12.7 Å². The van der Waals surface area contributed by atoms with Crippen molar-refractivity contribution in [2.24, 2.45) is 10.8 Å².